The summed E-state index contributed by atoms with van der Waals surface area (Å²) in [6.07, 6.45) is 6.67. The van der Waals surface area contributed by atoms with Gasteiger partial charge in [0.05, 0.1) is 4.92 Å². The molecule has 1 aromatic heterocycles. The second-order valence-corrected chi connectivity index (χ2v) is 5.08. The van der Waals surface area contributed by atoms with Crippen LogP contribution in [0.2, 0.25) is 0 Å². The lowest BCUT2D eigenvalue weighted by Gasteiger charge is -2.23. The molecule has 19 heavy (non-hydrogen) atoms. The van der Waals surface area contributed by atoms with E-state index in [1.165, 1.54) is 12.7 Å². The van der Waals surface area contributed by atoms with Gasteiger partial charge in [-0.2, -0.15) is 5.26 Å². The van der Waals surface area contributed by atoms with Crippen molar-refractivity contribution in [1.82, 2.24) is 9.97 Å². The third kappa shape index (κ3) is 3.32. The van der Waals surface area contributed by atoms with Crippen molar-refractivity contribution in [2.75, 3.05) is 5.32 Å². The predicted molar refractivity (Wildman–Crippen MR) is 70.7 cm³/mol. The number of nitrogens with zero attached hydrogens (tertiary/aromatic N) is 4. The zero-order valence-electron chi connectivity index (χ0n) is 10.2. The maximum Gasteiger partial charge on any atom is 0.344 e. The second-order valence-electron chi connectivity index (χ2n) is 4.31. The van der Waals surface area contributed by atoms with Crippen LogP contribution in [0.4, 0.5) is 11.5 Å². The van der Waals surface area contributed by atoms with Crippen molar-refractivity contribution < 1.29 is 4.92 Å². The topological polar surface area (TPSA) is 105 Å². The van der Waals surface area contributed by atoms with Crippen molar-refractivity contribution in [2.45, 2.75) is 43.2 Å². The Morgan fingerprint density at radius 3 is 2.79 bits per heavy atom. The van der Waals surface area contributed by atoms with Gasteiger partial charge in [0.1, 0.15) is 11.7 Å². The summed E-state index contributed by atoms with van der Waals surface area (Å²) in [6.45, 7) is 0. The molecule has 1 aromatic rings. The van der Waals surface area contributed by atoms with Crippen LogP contribution in [-0.2, 0) is 0 Å². The first-order chi connectivity index (χ1) is 9.22. The van der Waals surface area contributed by atoms with E-state index in [4.69, 9.17) is 5.26 Å². The molecule has 0 radical (unpaired) electrons. The number of rotatable bonds is 4. The predicted octanol–water partition coefficient (Wildman–Crippen LogP) is 2.70. The fourth-order valence-electron chi connectivity index (χ4n) is 2.19. The summed E-state index contributed by atoms with van der Waals surface area (Å²) in [5.74, 6) is 0.213. The van der Waals surface area contributed by atoms with Crippen molar-refractivity contribution in [2.24, 2.45) is 0 Å². The maximum atomic E-state index is 11.1. The Labute approximate surface area is 114 Å². The lowest BCUT2D eigenvalue weighted by molar-refractivity contribution is -0.387. The van der Waals surface area contributed by atoms with E-state index in [1.54, 1.807) is 5.40 Å². The number of nitrogens with one attached hydrogen (secondary N) is 1. The van der Waals surface area contributed by atoms with Crippen LogP contribution in [0.25, 0.3) is 0 Å². The van der Waals surface area contributed by atoms with Crippen LogP contribution in [0.3, 0.4) is 0 Å². The van der Waals surface area contributed by atoms with Crippen LogP contribution in [0.1, 0.15) is 32.1 Å². The highest BCUT2D eigenvalue weighted by molar-refractivity contribution is 8.03. The third-order valence-electron chi connectivity index (χ3n) is 3.06. The molecule has 1 saturated carbocycles. The minimum absolute atomic E-state index is 0.0841. The molecule has 0 atom stereocenters. The SMILES string of the molecule is N#CSc1ncnc(NC2CCCCC2)c1[N+](=O)[O-]. The van der Waals surface area contributed by atoms with Crippen molar-refractivity contribution in [3.8, 4) is 5.40 Å². The first-order valence-corrected chi connectivity index (χ1v) is 6.86. The Kier molecular flexibility index (Phi) is 4.52. The van der Waals surface area contributed by atoms with E-state index in [-0.39, 0.29) is 22.6 Å². The molecule has 0 unspecified atom stereocenters. The van der Waals surface area contributed by atoms with Gasteiger partial charge in [0.15, 0.2) is 5.03 Å². The highest BCUT2D eigenvalue weighted by Crippen LogP contribution is 2.33. The average Bonchev–Trinajstić information content (AvgIpc) is 2.40. The van der Waals surface area contributed by atoms with Gasteiger partial charge in [0, 0.05) is 17.8 Å². The standard InChI is InChI=1S/C11H13N5O2S/c12-6-19-11-9(16(17)18)10(13-7-14-11)15-8-4-2-1-3-5-8/h7-8H,1-5H2,(H,13,14,15). The molecule has 1 heterocycles. The van der Waals surface area contributed by atoms with Crippen LogP contribution in [0.15, 0.2) is 11.4 Å². The van der Waals surface area contributed by atoms with Crippen LogP contribution in [0.5, 0.6) is 0 Å². The molecule has 0 saturated heterocycles. The summed E-state index contributed by atoms with van der Waals surface area (Å²) < 4.78 is 0. The van der Waals surface area contributed by atoms with E-state index >= 15 is 0 Å². The lowest BCUT2D eigenvalue weighted by Crippen LogP contribution is -2.23. The number of aromatic nitrogens is 2. The van der Waals surface area contributed by atoms with Crippen LogP contribution >= 0.6 is 11.8 Å². The van der Waals surface area contributed by atoms with E-state index in [0.29, 0.717) is 11.8 Å². The lowest BCUT2D eigenvalue weighted by atomic mass is 9.95. The number of nitriles is 1. The van der Waals surface area contributed by atoms with Crippen molar-refractivity contribution in [3.63, 3.8) is 0 Å². The van der Waals surface area contributed by atoms with E-state index in [2.05, 4.69) is 15.3 Å². The van der Waals surface area contributed by atoms with E-state index in [0.717, 1.165) is 25.7 Å². The molecule has 1 aliphatic carbocycles. The molecule has 0 spiro atoms. The fraction of sp³-hybridized carbons (Fsp3) is 0.545. The van der Waals surface area contributed by atoms with Gasteiger partial charge in [-0.25, -0.2) is 9.97 Å². The molecule has 1 fully saturated rings. The highest BCUT2D eigenvalue weighted by Gasteiger charge is 2.25. The quantitative estimate of drug-likeness (QED) is 0.297. The van der Waals surface area contributed by atoms with Gasteiger partial charge < -0.3 is 5.32 Å². The molecule has 100 valence electrons. The van der Waals surface area contributed by atoms with Crippen molar-refractivity contribution >= 4 is 23.3 Å². The summed E-state index contributed by atoms with van der Waals surface area (Å²) in [6, 6.07) is 0.210. The van der Waals surface area contributed by atoms with E-state index in [9.17, 15) is 10.1 Å². The van der Waals surface area contributed by atoms with Gasteiger partial charge in [-0.05, 0) is 12.8 Å². The molecule has 1 N–H and O–H groups in total. The van der Waals surface area contributed by atoms with Crippen LogP contribution in [0, 0.1) is 20.8 Å². The first kappa shape index (κ1) is 13.5. The zero-order chi connectivity index (χ0) is 13.7. The van der Waals surface area contributed by atoms with E-state index < -0.39 is 4.92 Å². The summed E-state index contributed by atoms with van der Waals surface area (Å²) in [7, 11) is 0. The Morgan fingerprint density at radius 1 is 1.42 bits per heavy atom. The molecule has 0 aliphatic heterocycles. The Morgan fingerprint density at radius 2 is 2.16 bits per heavy atom. The number of hydrogen-bond donors (Lipinski definition) is 1. The van der Waals surface area contributed by atoms with Gasteiger partial charge in [-0.3, -0.25) is 10.1 Å². The normalized spacial score (nSPS) is 15.7. The van der Waals surface area contributed by atoms with Gasteiger partial charge >= 0.3 is 5.69 Å². The molecule has 8 heteroatoms. The Balaban J connectivity index is 2.25. The number of thiocyanates is 1. The minimum atomic E-state index is -0.537. The molecule has 1 aliphatic rings. The molecular formula is C11H13N5O2S. The van der Waals surface area contributed by atoms with Gasteiger partial charge in [-0.15, -0.1) is 0 Å². The first-order valence-electron chi connectivity index (χ1n) is 6.04. The highest BCUT2D eigenvalue weighted by atomic mass is 32.2. The molecule has 2 rings (SSSR count). The van der Waals surface area contributed by atoms with E-state index in [1.807, 2.05) is 0 Å². The zero-order valence-corrected chi connectivity index (χ0v) is 11.0. The smallest absolute Gasteiger partial charge is 0.344 e. The molecule has 7 nitrogen and oxygen atoms in total. The summed E-state index contributed by atoms with van der Waals surface area (Å²) >= 11 is 0.679. The molecule has 0 bridgehead atoms. The minimum Gasteiger partial charge on any atom is -0.361 e. The number of hydrogen-bond acceptors (Lipinski definition) is 7. The van der Waals surface area contributed by atoms with Crippen LogP contribution in [-0.4, -0.2) is 20.9 Å². The Bertz CT molecular complexity index is 510. The monoisotopic (exact) mass is 279 g/mol. The summed E-state index contributed by atoms with van der Waals surface area (Å²) in [5, 5.41) is 24.8. The molecule has 0 aromatic carbocycles. The van der Waals surface area contributed by atoms with Gasteiger partial charge in [-0.1, -0.05) is 19.3 Å². The summed E-state index contributed by atoms with van der Waals surface area (Å²) in [4.78, 5) is 18.3. The van der Waals surface area contributed by atoms with Crippen molar-refractivity contribution in [1.29, 1.82) is 5.26 Å². The van der Waals surface area contributed by atoms with Crippen LogP contribution < -0.4 is 5.32 Å². The number of thioether (sulfide) groups is 1. The summed E-state index contributed by atoms with van der Waals surface area (Å²) in [5.41, 5.74) is -0.209. The number of anilines is 1. The largest absolute Gasteiger partial charge is 0.361 e. The number of nitro groups is 1. The Hall–Kier alpha value is -1.88. The fourth-order valence-corrected chi connectivity index (χ4v) is 2.65. The second kappa shape index (κ2) is 6.33. The van der Waals surface area contributed by atoms with Crippen molar-refractivity contribution in [3.05, 3.63) is 16.4 Å². The molecular weight excluding hydrogens is 266 g/mol. The molecule has 0 amide bonds. The average molecular weight is 279 g/mol. The maximum absolute atomic E-state index is 11.1. The van der Waals surface area contributed by atoms with Gasteiger partial charge in [0.25, 0.3) is 0 Å². The third-order valence-corrected chi connectivity index (χ3v) is 3.64. The van der Waals surface area contributed by atoms with Gasteiger partial charge in [0.2, 0.25) is 5.82 Å².